The number of hydrogen-bond acceptors (Lipinski definition) is 7. The lowest BCUT2D eigenvalue weighted by molar-refractivity contribution is 0.0525. The summed E-state index contributed by atoms with van der Waals surface area (Å²) in [4.78, 5) is 35.5. The molecule has 4 rings (SSSR count). The molecule has 0 aliphatic carbocycles. The van der Waals surface area contributed by atoms with Gasteiger partial charge in [0.15, 0.2) is 0 Å². The van der Waals surface area contributed by atoms with Crippen molar-refractivity contribution in [3.63, 3.8) is 0 Å². The van der Waals surface area contributed by atoms with E-state index in [9.17, 15) is 9.59 Å². The van der Waals surface area contributed by atoms with Crippen LogP contribution in [-0.2, 0) is 16.5 Å². The number of aryl methyl sites for hydroxylation is 3. The molecule has 34 heavy (non-hydrogen) atoms. The van der Waals surface area contributed by atoms with E-state index in [2.05, 4.69) is 4.98 Å². The molecular weight excluding hydrogens is 434 g/mol. The molecule has 0 fully saturated rings. The van der Waals surface area contributed by atoms with Gasteiger partial charge in [0.05, 0.1) is 54.0 Å². The number of rotatable bonds is 6. The predicted molar refractivity (Wildman–Crippen MR) is 129 cm³/mol. The number of fused-ring (bicyclic) bond motifs is 3. The number of hydrogen-bond donors (Lipinski definition) is 0. The fourth-order valence-corrected chi connectivity index (χ4v) is 4.41. The molecule has 0 radical (unpaired) electrons. The number of esters is 2. The number of benzene rings is 1. The monoisotopic (exact) mass is 461 g/mol. The van der Waals surface area contributed by atoms with Crippen molar-refractivity contribution in [3.8, 4) is 17.0 Å². The molecule has 8 nitrogen and oxygen atoms in total. The third-order valence-corrected chi connectivity index (χ3v) is 5.81. The zero-order valence-electron chi connectivity index (χ0n) is 20.2. The van der Waals surface area contributed by atoms with E-state index >= 15 is 0 Å². The van der Waals surface area contributed by atoms with Crippen LogP contribution in [0.15, 0.2) is 30.3 Å². The Bertz CT molecular complexity index is 1400. The summed E-state index contributed by atoms with van der Waals surface area (Å²) in [6.07, 6.45) is 0. The minimum atomic E-state index is -0.577. The third-order valence-electron chi connectivity index (χ3n) is 5.81. The van der Waals surface area contributed by atoms with Crippen LogP contribution in [0.25, 0.3) is 33.2 Å². The highest BCUT2D eigenvalue weighted by molar-refractivity contribution is 6.11. The molecule has 0 spiro atoms. The van der Waals surface area contributed by atoms with Gasteiger partial charge in [0.25, 0.3) is 0 Å². The summed E-state index contributed by atoms with van der Waals surface area (Å²) in [6.45, 7) is 7.24. The van der Waals surface area contributed by atoms with Gasteiger partial charge in [-0.3, -0.25) is 4.98 Å². The smallest absolute Gasteiger partial charge is 0.340 e. The Morgan fingerprint density at radius 3 is 2.09 bits per heavy atom. The highest BCUT2D eigenvalue weighted by Gasteiger charge is 2.30. The summed E-state index contributed by atoms with van der Waals surface area (Å²) in [7, 11) is 3.53. The largest absolute Gasteiger partial charge is 0.494 e. The maximum atomic E-state index is 13.1. The predicted octanol–water partition coefficient (Wildman–Crippen LogP) is 4.77. The highest BCUT2D eigenvalue weighted by Crippen LogP contribution is 2.39. The van der Waals surface area contributed by atoms with Crippen molar-refractivity contribution in [1.82, 2.24) is 14.5 Å². The van der Waals surface area contributed by atoms with Gasteiger partial charge in [-0.1, -0.05) is 18.2 Å². The van der Waals surface area contributed by atoms with E-state index in [1.807, 2.05) is 35.9 Å². The van der Waals surface area contributed by atoms with Gasteiger partial charge in [0.2, 0.25) is 0 Å². The Morgan fingerprint density at radius 1 is 0.941 bits per heavy atom. The normalized spacial score (nSPS) is 11.1. The Kier molecular flexibility index (Phi) is 6.24. The molecule has 0 aliphatic heterocycles. The standard InChI is InChI=1S/C26H27N3O5/c1-7-33-25(30)20-14(3)27-15(4)21(26(31)34-8-2)22(20)17-13-19(32-6)24-23(28-17)16-11-9-10-12-18(16)29(24)5/h9-13H,7-8H2,1-6H3. The SMILES string of the molecule is CCOC(=O)c1c(C)nc(C)c(C(=O)OCC)c1-c1cc(OC)c2c(n1)c1ccccc1n2C. The lowest BCUT2D eigenvalue weighted by atomic mass is 9.95. The first-order valence-electron chi connectivity index (χ1n) is 11.1. The number of carbonyl (C=O) groups excluding carboxylic acids is 2. The fraction of sp³-hybridized carbons (Fsp3) is 0.308. The van der Waals surface area contributed by atoms with E-state index in [0.717, 1.165) is 16.4 Å². The number of nitrogens with zero attached hydrogens (tertiary/aromatic N) is 3. The molecule has 0 aliphatic rings. The molecule has 0 unspecified atom stereocenters. The topological polar surface area (TPSA) is 92.5 Å². The molecule has 3 heterocycles. The van der Waals surface area contributed by atoms with Crippen molar-refractivity contribution < 1.29 is 23.8 Å². The summed E-state index contributed by atoms with van der Waals surface area (Å²) >= 11 is 0. The van der Waals surface area contributed by atoms with Gasteiger partial charge in [-0.2, -0.15) is 0 Å². The summed E-state index contributed by atoms with van der Waals surface area (Å²) in [5.74, 6) is -0.589. The van der Waals surface area contributed by atoms with Gasteiger partial charge >= 0.3 is 11.9 Å². The van der Waals surface area contributed by atoms with Crippen molar-refractivity contribution in [2.24, 2.45) is 7.05 Å². The van der Waals surface area contributed by atoms with Gasteiger partial charge in [0.1, 0.15) is 16.8 Å². The first-order chi connectivity index (χ1) is 16.3. The lowest BCUT2D eigenvalue weighted by Crippen LogP contribution is -2.18. The van der Waals surface area contributed by atoms with Crippen molar-refractivity contribution in [1.29, 1.82) is 0 Å². The molecular formula is C26H27N3O5. The maximum Gasteiger partial charge on any atom is 0.340 e. The van der Waals surface area contributed by atoms with E-state index in [0.29, 0.717) is 33.9 Å². The van der Waals surface area contributed by atoms with Crippen LogP contribution in [0, 0.1) is 13.8 Å². The molecule has 0 saturated heterocycles. The van der Waals surface area contributed by atoms with Gasteiger partial charge in [-0.05, 0) is 33.8 Å². The van der Waals surface area contributed by atoms with E-state index in [1.165, 1.54) is 0 Å². The average molecular weight is 462 g/mol. The molecule has 0 bridgehead atoms. The van der Waals surface area contributed by atoms with Gasteiger partial charge in [-0.15, -0.1) is 0 Å². The number of para-hydroxylation sites is 1. The maximum absolute atomic E-state index is 13.1. The second-order valence-corrected chi connectivity index (χ2v) is 7.83. The number of methoxy groups -OCH3 is 1. The molecule has 176 valence electrons. The van der Waals surface area contributed by atoms with E-state index in [1.54, 1.807) is 40.9 Å². The minimum absolute atomic E-state index is 0.180. The molecule has 0 saturated carbocycles. The zero-order valence-corrected chi connectivity index (χ0v) is 20.2. The van der Waals surface area contributed by atoms with E-state index < -0.39 is 11.9 Å². The first kappa shape index (κ1) is 23.2. The van der Waals surface area contributed by atoms with Crippen LogP contribution in [0.2, 0.25) is 0 Å². The van der Waals surface area contributed by atoms with Crippen molar-refractivity contribution >= 4 is 33.9 Å². The summed E-state index contributed by atoms with van der Waals surface area (Å²) in [5.41, 5.74) is 4.48. The Labute approximate surface area is 197 Å². The summed E-state index contributed by atoms with van der Waals surface area (Å²) in [5, 5.41) is 0.929. The summed E-state index contributed by atoms with van der Waals surface area (Å²) < 4.78 is 18.4. The van der Waals surface area contributed by atoms with Crippen LogP contribution < -0.4 is 4.74 Å². The van der Waals surface area contributed by atoms with Crippen LogP contribution in [-0.4, -0.2) is 46.8 Å². The molecule has 3 aromatic heterocycles. The molecule has 0 N–H and O–H groups in total. The van der Waals surface area contributed by atoms with Crippen LogP contribution in [0.3, 0.4) is 0 Å². The van der Waals surface area contributed by atoms with Crippen molar-refractivity contribution in [3.05, 3.63) is 52.8 Å². The number of pyridine rings is 2. The number of carbonyl (C=O) groups is 2. The van der Waals surface area contributed by atoms with Gasteiger partial charge in [0, 0.05) is 24.1 Å². The van der Waals surface area contributed by atoms with Crippen LogP contribution in [0.1, 0.15) is 46.0 Å². The Hall–Kier alpha value is -3.94. The molecule has 4 aromatic rings. The third kappa shape index (κ3) is 3.65. The Balaban J connectivity index is 2.16. The van der Waals surface area contributed by atoms with Crippen molar-refractivity contribution in [2.45, 2.75) is 27.7 Å². The quantitative estimate of drug-likeness (QED) is 0.382. The highest BCUT2D eigenvalue weighted by atomic mass is 16.5. The molecule has 0 atom stereocenters. The zero-order chi connectivity index (χ0) is 24.6. The van der Waals surface area contributed by atoms with Crippen LogP contribution >= 0.6 is 0 Å². The van der Waals surface area contributed by atoms with Crippen LogP contribution in [0.5, 0.6) is 5.75 Å². The van der Waals surface area contributed by atoms with E-state index in [-0.39, 0.29) is 24.3 Å². The van der Waals surface area contributed by atoms with E-state index in [4.69, 9.17) is 19.2 Å². The Morgan fingerprint density at radius 2 is 1.53 bits per heavy atom. The second-order valence-electron chi connectivity index (χ2n) is 7.83. The van der Waals surface area contributed by atoms with Crippen molar-refractivity contribution in [2.75, 3.05) is 20.3 Å². The van der Waals surface area contributed by atoms with Gasteiger partial charge < -0.3 is 18.8 Å². The molecule has 8 heteroatoms. The fourth-order valence-electron chi connectivity index (χ4n) is 4.41. The average Bonchev–Trinajstić information content (AvgIpc) is 3.10. The number of ether oxygens (including phenoxy) is 3. The molecule has 0 amide bonds. The minimum Gasteiger partial charge on any atom is -0.494 e. The molecule has 1 aromatic carbocycles. The first-order valence-corrected chi connectivity index (χ1v) is 11.1. The lowest BCUT2D eigenvalue weighted by Gasteiger charge is -2.18. The van der Waals surface area contributed by atoms with Gasteiger partial charge in [-0.25, -0.2) is 14.6 Å². The second kappa shape index (κ2) is 9.13. The number of aromatic nitrogens is 3. The van der Waals surface area contributed by atoms with Crippen LogP contribution in [0.4, 0.5) is 0 Å². The summed E-state index contributed by atoms with van der Waals surface area (Å²) in [6, 6.07) is 9.63.